The zero-order valence-corrected chi connectivity index (χ0v) is 9.81. The Morgan fingerprint density at radius 2 is 2.08 bits per heavy atom. The van der Waals surface area contributed by atoms with Crippen molar-refractivity contribution >= 4 is 50.5 Å². The number of aliphatic hydroxyl groups excluding tert-OH is 1. The minimum atomic E-state index is -3.40. The lowest BCUT2D eigenvalue weighted by Gasteiger charge is -2.15. The highest BCUT2D eigenvalue weighted by atomic mass is 79.9. The highest BCUT2D eigenvalue weighted by molar-refractivity contribution is 9.10. The van der Waals surface area contributed by atoms with Crippen molar-refractivity contribution in [3.05, 3.63) is 20.3 Å². The van der Waals surface area contributed by atoms with Crippen molar-refractivity contribution < 1.29 is 13.9 Å². The molecule has 0 saturated carbocycles. The molecule has 1 heterocycles. The van der Waals surface area contributed by atoms with E-state index in [1.165, 1.54) is 6.07 Å². The van der Waals surface area contributed by atoms with Crippen molar-refractivity contribution in [2.45, 2.75) is 10.9 Å². The highest BCUT2D eigenvalue weighted by Gasteiger charge is 2.38. The van der Waals surface area contributed by atoms with Gasteiger partial charge in [0.15, 0.2) is 6.10 Å². The Bertz CT molecular complexity index is 312. The number of halogens is 5. The van der Waals surface area contributed by atoms with Crippen molar-refractivity contribution in [1.82, 2.24) is 0 Å². The van der Waals surface area contributed by atoms with E-state index in [-0.39, 0.29) is 14.2 Å². The van der Waals surface area contributed by atoms with Crippen LogP contribution < -0.4 is 0 Å². The van der Waals surface area contributed by atoms with E-state index in [2.05, 4.69) is 0 Å². The molecule has 1 rings (SSSR count). The number of alkyl halides is 3. The minimum absolute atomic E-state index is 0.0663. The van der Waals surface area contributed by atoms with E-state index in [4.69, 9.17) is 28.3 Å². The summed E-state index contributed by atoms with van der Waals surface area (Å²) in [7, 11) is 0. The maximum absolute atomic E-state index is 12.6. The molecule has 1 aromatic rings. The van der Waals surface area contributed by atoms with Gasteiger partial charge in [-0.25, -0.2) is 0 Å². The summed E-state index contributed by atoms with van der Waals surface area (Å²) in [6.45, 7) is 0. The van der Waals surface area contributed by atoms with Crippen molar-refractivity contribution in [1.29, 1.82) is 0 Å². The van der Waals surface area contributed by atoms with Crippen LogP contribution in [0, 0.1) is 0 Å². The average Bonchev–Trinajstić information content (AvgIpc) is 2.26. The van der Waals surface area contributed by atoms with Crippen molar-refractivity contribution in [2.75, 3.05) is 0 Å². The topological polar surface area (TPSA) is 20.2 Å². The molecule has 1 aromatic heterocycles. The lowest BCUT2D eigenvalue weighted by molar-refractivity contribution is -0.0291. The molecule has 0 bridgehead atoms. The molecular formula is C6H3BrCl2F2OS. The second-order valence-corrected chi connectivity index (χ2v) is 5.57. The largest absolute Gasteiger partial charge is 0.381 e. The molecule has 0 aliphatic heterocycles. The second kappa shape index (κ2) is 3.98. The number of hydrogen-bond acceptors (Lipinski definition) is 2. The molecule has 1 nitrogen and oxygen atoms in total. The van der Waals surface area contributed by atoms with Crippen LogP contribution in [0.25, 0.3) is 0 Å². The van der Waals surface area contributed by atoms with Gasteiger partial charge in [-0.2, -0.15) is 8.78 Å². The van der Waals surface area contributed by atoms with Gasteiger partial charge in [0.05, 0.1) is 4.34 Å². The standard InChI is InChI=1S/C6H3BrCl2F2OS/c7-6(10,11)4(12)2-1-3(8)13-5(2)9/h1,4,12H. The van der Waals surface area contributed by atoms with Crippen LogP contribution in [0.1, 0.15) is 11.7 Å². The van der Waals surface area contributed by atoms with Gasteiger partial charge < -0.3 is 5.11 Å². The molecule has 13 heavy (non-hydrogen) atoms. The SMILES string of the molecule is OC(c1cc(Cl)sc1Cl)C(F)(F)Br. The normalized spacial score (nSPS) is 14.6. The van der Waals surface area contributed by atoms with Gasteiger partial charge >= 0.3 is 4.83 Å². The summed E-state index contributed by atoms with van der Waals surface area (Å²) in [6.07, 6.45) is -1.98. The third-order valence-corrected chi connectivity index (χ3v) is 3.24. The minimum Gasteiger partial charge on any atom is -0.381 e. The van der Waals surface area contributed by atoms with Gasteiger partial charge in [0.25, 0.3) is 0 Å². The van der Waals surface area contributed by atoms with Crippen LogP contribution in [0.3, 0.4) is 0 Å². The molecular weight excluding hydrogens is 309 g/mol. The summed E-state index contributed by atoms with van der Waals surface area (Å²) < 4.78 is 25.4. The Balaban J connectivity index is 3.01. The number of aliphatic hydroxyl groups is 1. The van der Waals surface area contributed by atoms with Crippen LogP contribution in [0.5, 0.6) is 0 Å². The number of rotatable bonds is 2. The second-order valence-electron chi connectivity index (χ2n) is 2.22. The van der Waals surface area contributed by atoms with Crippen molar-refractivity contribution in [3.8, 4) is 0 Å². The quantitative estimate of drug-likeness (QED) is 0.816. The van der Waals surface area contributed by atoms with Crippen LogP contribution >= 0.6 is 50.5 Å². The molecule has 0 saturated heterocycles. The first-order valence-corrected chi connectivity index (χ1v) is 5.38. The van der Waals surface area contributed by atoms with Crippen LogP contribution in [0.15, 0.2) is 6.07 Å². The van der Waals surface area contributed by atoms with Gasteiger partial charge in [0.2, 0.25) is 0 Å². The highest BCUT2D eigenvalue weighted by Crippen LogP contribution is 2.43. The van der Waals surface area contributed by atoms with Gasteiger partial charge in [0.1, 0.15) is 4.34 Å². The third-order valence-electron chi connectivity index (χ3n) is 1.29. The maximum atomic E-state index is 12.6. The average molecular weight is 312 g/mol. The van der Waals surface area contributed by atoms with Crippen molar-refractivity contribution in [3.63, 3.8) is 0 Å². The molecule has 1 atom stereocenters. The lowest BCUT2D eigenvalue weighted by atomic mass is 10.2. The molecule has 0 spiro atoms. The van der Waals surface area contributed by atoms with E-state index in [1.54, 1.807) is 0 Å². The first kappa shape index (κ1) is 11.7. The van der Waals surface area contributed by atoms with Gasteiger partial charge in [-0.15, -0.1) is 11.3 Å². The van der Waals surface area contributed by atoms with Gasteiger partial charge in [-0.1, -0.05) is 23.2 Å². The lowest BCUT2D eigenvalue weighted by Crippen LogP contribution is -2.17. The van der Waals surface area contributed by atoms with E-state index in [1.807, 2.05) is 15.9 Å². The first-order chi connectivity index (χ1) is 5.82. The molecule has 0 aliphatic carbocycles. The fraction of sp³-hybridized carbons (Fsp3) is 0.333. The summed E-state index contributed by atoms with van der Waals surface area (Å²) in [5.41, 5.74) is -0.0708. The number of thiophene rings is 1. The Hall–Kier alpha value is 0.580. The number of hydrogen-bond donors (Lipinski definition) is 1. The zero-order chi connectivity index (χ0) is 10.2. The molecule has 74 valence electrons. The van der Waals surface area contributed by atoms with Gasteiger partial charge in [-0.3, -0.25) is 0 Å². The molecule has 0 aromatic carbocycles. The molecule has 0 amide bonds. The Morgan fingerprint density at radius 1 is 1.54 bits per heavy atom. The third kappa shape index (κ3) is 2.76. The predicted molar refractivity (Wildman–Crippen MR) is 53.2 cm³/mol. The first-order valence-electron chi connectivity index (χ1n) is 3.02. The van der Waals surface area contributed by atoms with Crippen molar-refractivity contribution in [2.24, 2.45) is 0 Å². The summed E-state index contributed by atoms with van der Waals surface area (Å²) in [5, 5.41) is 9.12. The summed E-state index contributed by atoms with van der Waals surface area (Å²) >= 11 is 14.1. The van der Waals surface area contributed by atoms with Crippen LogP contribution in [0.2, 0.25) is 8.67 Å². The summed E-state index contributed by atoms with van der Waals surface area (Å²) in [4.78, 5) is -3.40. The monoisotopic (exact) mass is 310 g/mol. The molecule has 0 radical (unpaired) electrons. The fourth-order valence-corrected chi connectivity index (χ4v) is 2.48. The molecule has 0 aliphatic rings. The van der Waals surface area contributed by atoms with Crippen LogP contribution in [-0.4, -0.2) is 9.94 Å². The van der Waals surface area contributed by atoms with E-state index in [0.29, 0.717) is 0 Å². The molecule has 7 heteroatoms. The Morgan fingerprint density at radius 3 is 2.38 bits per heavy atom. The van der Waals surface area contributed by atoms with E-state index in [9.17, 15) is 8.78 Å². The van der Waals surface area contributed by atoms with E-state index >= 15 is 0 Å². The zero-order valence-electron chi connectivity index (χ0n) is 5.90. The molecule has 0 fully saturated rings. The Labute approximate surface area is 95.4 Å². The Kier molecular flexibility index (Phi) is 3.57. The van der Waals surface area contributed by atoms with Gasteiger partial charge in [-0.05, 0) is 22.0 Å². The van der Waals surface area contributed by atoms with E-state index < -0.39 is 10.9 Å². The van der Waals surface area contributed by atoms with Gasteiger partial charge in [0, 0.05) is 5.56 Å². The summed E-state index contributed by atoms with van der Waals surface area (Å²) in [5.74, 6) is 0. The smallest absolute Gasteiger partial charge is 0.330 e. The van der Waals surface area contributed by atoms with E-state index in [0.717, 1.165) is 11.3 Å². The predicted octanol–water partition coefficient (Wildman–Crippen LogP) is 4.08. The molecule has 1 N–H and O–H groups in total. The van der Waals surface area contributed by atoms with Crippen LogP contribution in [-0.2, 0) is 0 Å². The van der Waals surface area contributed by atoms with Crippen LogP contribution in [0.4, 0.5) is 8.78 Å². The summed E-state index contributed by atoms with van der Waals surface area (Å²) in [6, 6.07) is 1.22. The molecule has 1 unspecified atom stereocenters. The fourth-order valence-electron chi connectivity index (χ4n) is 0.716. The maximum Gasteiger partial charge on any atom is 0.330 e.